The van der Waals surface area contributed by atoms with Gasteiger partial charge >= 0.3 is 13.8 Å². The van der Waals surface area contributed by atoms with Gasteiger partial charge in [0.2, 0.25) is 0 Å². The van der Waals surface area contributed by atoms with E-state index >= 15 is 0 Å². The van der Waals surface area contributed by atoms with Gasteiger partial charge in [0.1, 0.15) is 6.61 Å². The third-order valence-electron chi connectivity index (χ3n) is 4.67. The maximum absolute atomic E-state index is 12.8. The molecule has 27 heavy (non-hydrogen) atoms. The molecule has 0 bridgehead atoms. The average molecular weight is 398 g/mol. The van der Waals surface area contributed by atoms with Gasteiger partial charge in [-0.05, 0) is 31.7 Å². The Kier molecular flexibility index (Phi) is 8.77. The number of hydrogen-bond acceptors (Lipinski definition) is 5. The Morgan fingerprint density at radius 2 is 1.85 bits per heavy atom. The molecule has 1 amide bonds. The number of ether oxygens (including phenoxy) is 1. The second-order valence-corrected chi connectivity index (χ2v) is 8.28. The van der Waals surface area contributed by atoms with E-state index in [9.17, 15) is 9.36 Å². The summed E-state index contributed by atoms with van der Waals surface area (Å²) in [5, 5.41) is 3.06. The zero-order valence-corrected chi connectivity index (χ0v) is 17.3. The zero-order chi connectivity index (χ0) is 19.7. The lowest BCUT2D eigenvalue weighted by Crippen LogP contribution is -2.52. The lowest BCUT2D eigenvalue weighted by Gasteiger charge is -2.39. The molecule has 0 aliphatic carbocycles. The van der Waals surface area contributed by atoms with Crippen LogP contribution >= 0.6 is 7.75 Å². The first kappa shape index (κ1) is 21.9. The Labute approximate surface area is 162 Å². The lowest BCUT2D eigenvalue weighted by atomic mass is 9.90. The van der Waals surface area contributed by atoms with Crippen molar-refractivity contribution < 1.29 is 23.1 Å². The molecule has 1 fully saturated rings. The van der Waals surface area contributed by atoms with Crippen molar-refractivity contribution in [2.75, 3.05) is 26.3 Å². The predicted octanol–water partition coefficient (Wildman–Crippen LogP) is 4.19. The molecule has 8 heteroatoms. The van der Waals surface area contributed by atoms with Crippen LogP contribution in [0.1, 0.15) is 39.2 Å². The number of amides is 1. The highest BCUT2D eigenvalue weighted by Crippen LogP contribution is 2.45. The number of carbonyl (C=O) groups is 1. The minimum atomic E-state index is -3.39. The molecule has 0 radical (unpaired) electrons. The Hall–Kier alpha value is -1.40. The van der Waals surface area contributed by atoms with Crippen LogP contribution in [0.25, 0.3) is 0 Å². The Morgan fingerprint density at radius 3 is 2.44 bits per heavy atom. The van der Waals surface area contributed by atoms with E-state index in [0.717, 1.165) is 18.4 Å². The zero-order valence-electron chi connectivity index (χ0n) is 16.4. The van der Waals surface area contributed by atoms with Gasteiger partial charge < -0.3 is 9.64 Å². The third kappa shape index (κ3) is 6.61. The first-order chi connectivity index (χ1) is 13.0. The molecule has 2 rings (SSSR count). The Morgan fingerprint density at radius 1 is 1.19 bits per heavy atom. The number of benzene rings is 1. The van der Waals surface area contributed by atoms with E-state index in [0.29, 0.717) is 13.1 Å². The van der Waals surface area contributed by atoms with Crippen LogP contribution in [0.5, 0.6) is 0 Å². The van der Waals surface area contributed by atoms with E-state index in [-0.39, 0.29) is 37.9 Å². The van der Waals surface area contributed by atoms with Crippen LogP contribution in [0.15, 0.2) is 30.3 Å². The van der Waals surface area contributed by atoms with E-state index in [1.165, 1.54) is 0 Å². The molecule has 0 saturated carbocycles. The van der Waals surface area contributed by atoms with Crippen LogP contribution < -0.4 is 5.09 Å². The standard InChI is InChI=1S/C19H31N2O5P/c1-4-17-12-13-21(19(22)24-15-16-10-8-7-9-11-16)14-18(17)20-27(23,25-5-2)26-6-3/h7-11,17-18H,4-6,12-15H2,1-3H3,(H,20,23)/t17-,18-/m1/s1. The van der Waals surface area contributed by atoms with Gasteiger partial charge in [0.05, 0.1) is 13.2 Å². The maximum Gasteiger partial charge on any atom is 0.410 e. The molecule has 1 aliphatic heterocycles. The van der Waals surface area contributed by atoms with Crippen molar-refractivity contribution in [2.24, 2.45) is 5.92 Å². The topological polar surface area (TPSA) is 77.1 Å². The van der Waals surface area contributed by atoms with Gasteiger partial charge in [-0.25, -0.2) is 14.4 Å². The van der Waals surface area contributed by atoms with Crippen LogP contribution in [0.2, 0.25) is 0 Å². The summed E-state index contributed by atoms with van der Waals surface area (Å²) in [4.78, 5) is 14.1. The van der Waals surface area contributed by atoms with E-state index in [1.807, 2.05) is 30.3 Å². The van der Waals surface area contributed by atoms with Crippen LogP contribution in [0.4, 0.5) is 4.79 Å². The summed E-state index contributed by atoms with van der Waals surface area (Å²) < 4.78 is 29.0. The molecule has 1 aromatic carbocycles. The molecule has 152 valence electrons. The van der Waals surface area contributed by atoms with E-state index in [2.05, 4.69) is 12.0 Å². The molecule has 1 heterocycles. The van der Waals surface area contributed by atoms with Crippen molar-refractivity contribution in [1.29, 1.82) is 0 Å². The lowest BCUT2D eigenvalue weighted by molar-refractivity contribution is 0.0721. The second-order valence-electron chi connectivity index (χ2n) is 6.51. The van der Waals surface area contributed by atoms with Gasteiger partial charge in [-0.15, -0.1) is 0 Å². The highest BCUT2D eigenvalue weighted by molar-refractivity contribution is 7.51. The molecular weight excluding hydrogens is 367 g/mol. The number of likely N-dealkylation sites (tertiary alicyclic amines) is 1. The highest BCUT2D eigenvalue weighted by Gasteiger charge is 2.36. The van der Waals surface area contributed by atoms with Crippen molar-refractivity contribution in [3.8, 4) is 0 Å². The van der Waals surface area contributed by atoms with Gasteiger partial charge in [-0.1, -0.05) is 43.7 Å². The summed E-state index contributed by atoms with van der Waals surface area (Å²) in [5.74, 6) is 0.289. The molecule has 1 aromatic rings. The number of carbonyl (C=O) groups excluding carboxylic acids is 1. The Bertz CT molecular complexity index is 618. The van der Waals surface area contributed by atoms with E-state index in [1.54, 1.807) is 18.7 Å². The largest absolute Gasteiger partial charge is 0.445 e. The average Bonchev–Trinajstić information content (AvgIpc) is 2.67. The third-order valence-corrected chi connectivity index (χ3v) is 6.51. The minimum absolute atomic E-state index is 0.169. The first-order valence-electron chi connectivity index (χ1n) is 9.63. The fourth-order valence-electron chi connectivity index (χ4n) is 3.27. The fraction of sp³-hybridized carbons (Fsp3) is 0.632. The summed E-state index contributed by atoms with van der Waals surface area (Å²) in [6, 6.07) is 9.41. The minimum Gasteiger partial charge on any atom is -0.445 e. The monoisotopic (exact) mass is 398 g/mol. The van der Waals surface area contributed by atoms with Crippen molar-refractivity contribution in [2.45, 2.75) is 46.3 Å². The molecule has 2 atom stereocenters. The molecule has 7 nitrogen and oxygen atoms in total. The fourth-order valence-corrected chi connectivity index (χ4v) is 4.87. The summed E-state index contributed by atoms with van der Waals surface area (Å²) in [6.45, 7) is 7.50. The number of rotatable bonds is 9. The quantitative estimate of drug-likeness (QED) is 0.629. The smallest absolute Gasteiger partial charge is 0.410 e. The molecule has 1 saturated heterocycles. The van der Waals surface area contributed by atoms with Gasteiger partial charge in [0, 0.05) is 19.1 Å². The number of nitrogens with one attached hydrogen (secondary N) is 1. The maximum atomic E-state index is 12.8. The van der Waals surface area contributed by atoms with Gasteiger partial charge in [-0.2, -0.15) is 0 Å². The SMILES string of the molecule is CCOP(=O)(N[C@@H]1CN(C(=O)OCc2ccccc2)CC[C@H]1CC)OCC. The number of hydrogen-bond donors (Lipinski definition) is 1. The number of nitrogens with zero attached hydrogens (tertiary/aromatic N) is 1. The molecule has 1 N–H and O–H groups in total. The van der Waals surface area contributed by atoms with Crippen LogP contribution in [0.3, 0.4) is 0 Å². The van der Waals surface area contributed by atoms with Gasteiger partial charge in [0.15, 0.2) is 0 Å². The first-order valence-corrected chi connectivity index (χ1v) is 11.2. The van der Waals surface area contributed by atoms with Gasteiger partial charge in [-0.3, -0.25) is 9.05 Å². The normalized spacial score (nSPS) is 20.5. The summed E-state index contributed by atoms with van der Waals surface area (Å²) in [5.41, 5.74) is 0.946. The van der Waals surface area contributed by atoms with Crippen molar-refractivity contribution in [3.05, 3.63) is 35.9 Å². The highest BCUT2D eigenvalue weighted by atomic mass is 31.2. The van der Waals surface area contributed by atoms with Gasteiger partial charge in [0.25, 0.3) is 0 Å². The second kappa shape index (κ2) is 10.8. The van der Waals surface area contributed by atoms with E-state index in [4.69, 9.17) is 13.8 Å². The van der Waals surface area contributed by atoms with E-state index < -0.39 is 7.75 Å². The summed E-state index contributed by atoms with van der Waals surface area (Å²) in [6.07, 6.45) is 1.37. The predicted molar refractivity (Wildman–Crippen MR) is 104 cm³/mol. The van der Waals surface area contributed by atoms with Crippen molar-refractivity contribution in [3.63, 3.8) is 0 Å². The number of piperidine rings is 1. The molecule has 0 aromatic heterocycles. The summed E-state index contributed by atoms with van der Waals surface area (Å²) >= 11 is 0. The molecule has 0 spiro atoms. The Balaban J connectivity index is 1.97. The van der Waals surface area contributed by atoms with Crippen LogP contribution in [-0.2, 0) is 25.0 Å². The van der Waals surface area contributed by atoms with Crippen molar-refractivity contribution in [1.82, 2.24) is 9.99 Å². The molecular formula is C19H31N2O5P. The van der Waals surface area contributed by atoms with Crippen LogP contribution in [0, 0.1) is 5.92 Å². The van der Waals surface area contributed by atoms with Crippen LogP contribution in [-0.4, -0.2) is 43.3 Å². The summed E-state index contributed by atoms with van der Waals surface area (Å²) in [7, 11) is -3.39. The van der Waals surface area contributed by atoms with Crippen molar-refractivity contribution >= 4 is 13.8 Å². The molecule has 0 unspecified atom stereocenters. The molecule has 1 aliphatic rings.